The molecule has 3 heterocycles. The molecule has 1 aliphatic rings. The van der Waals surface area contributed by atoms with Crippen LogP contribution >= 0.6 is 0 Å². The van der Waals surface area contributed by atoms with Crippen LogP contribution in [0.15, 0.2) is 164 Å². The fraction of sp³-hybridized carbons (Fsp3) is 0.0263. The number of anilines is 3. The van der Waals surface area contributed by atoms with E-state index in [1.54, 1.807) is 10.9 Å². The van der Waals surface area contributed by atoms with Crippen molar-refractivity contribution in [1.82, 2.24) is 20.0 Å². The SMILES string of the molecule is c1ccc(N2c3ccccc3C(c3cccc(Oc4cccc(-n5ccnn5)c4)c3)(c3ccccn3)c3ccccc32)cc1. The van der Waals surface area contributed by atoms with Crippen molar-refractivity contribution >= 4 is 17.1 Å². The van der Waals surface area contributed by atoms with Gasteiger partial charge in [0.1, 0.15) is 11.5 Å². The molecule has 7 aromatic rings. The molecule has 8 rings (SSSR count). The summed E-state index contributed by atoms with van der Waals surface area (Å²) in [6.45, 7) is 0. The fourth-order valence-corrected chi connectivity index (χ4v) is 6.39. The van der Waals surface area contributed by atoms with Gasteiger partial charge in [0.05, 0.1) is 40.6 Å². The highest BCUT2D eigenvalue weighted by atomic mass is 16.5. The van der Waals surface area contributed by atoms with Crippen molar-refractivity contribution in [2.75, 3.05) is 4.90 Å². The Morgan fingerprint density at radius 3 is 1.91 bits per heavy atom. The molecule has 6 heteroatoms. The third-order valence-corrected chi connectivity index (χ3v) is 8.17. The third kappa shape index (κ3) is 4.15. The number of hydrogen-bond donors (Lipinski definition) is 0. The van der Waals surface area contributed by atoms with Gasteiger partial charge in [-0.25, -0.2) is 4.68 Å². The van der Waals surface area contributed by atoms with Crippen LogP contribution in [0.1, 0.15) is 22.4 Å². The summed E-state index contributed by atoms with van der Waals surface area (Å²) >= 11 is 0. The molecule has 0 aliphatic carbocycles. The normalized spacial score (nSPS) is 13.1. The van der Waals surface area contributed by atoms with Crippen molar-refractivity contribution in [3.05, 3.63) is 187 Å². The molecule has 1 aliphatic heterocycles. The standard InChI is InChI=1S/C38H27N5O/c1-2-13-29(14-3-1)43-35-20-6-4-18-33(35)38(37-22-8-9-23-39-37,34-19-5-7-21-36(34)43)28-12-10-16-31(26-28)44-32-17-11-15-30(27-32)42-25-24-40-41-42/h1-27H. The first-order valence-corrected chi connectivity index (χ1v) is 14.5. The van der Waals surface area contributed by atoms with Crippen LogP contribution in [0.25, 0.3) is 5.69 Å². The van der Waals surface area contributed by atoms with Gasteiger partial charge >= 0.3 is 0 Å². The van der Waals surface area contributed by atoms with Gasteiger partial charge < -0.3 is 9.64 Å². The molecule has 0 N–H and O–H groups in total. The number of benzene rings is 5. The molecule has 44 heavy (non-hydrogen) atoms. The summed E-state index contributed by atoms with van der Waals surface area (Å²) in [5, 5.41) is 8.06. The number of fused-ring (bicyclic) bond motifs is 2. The number of rotatable bonds is 6. The molecule has 0 radical (unpaired) electrons. The maximum atomic E-state index is 6.50. The highest BCUT2D eigenvalue weighted by Crippen LogP contribution is 2.57. The average molecular weight is 570 g/mol. The summed E-state index contributed by atoms with van der Waals surface area (Å²) in [7, 11) is 0. The van der Waals surface area contributed by atoms with Gasteiger partial charge in [-0.05, 0) is 77.4 Å². The number of aromatic nitrogens is 4. The van der Waals surface area contributed by atoms with Crippen molar-refractivity contribution in [2.45, 2.75) is 5.41 Å². The average Bonchev–Trinajstić information content (AvgIpc) is 3.64. The first-order valence-electron chi connectivity index (χ1n) is 14.5. The summed E-state index contributed by atoms with van der Waals surface area (Å²) in [6.07, 6.45) is 5.35. The Kier molecular flexibility index (Phi) is 6.23. The smallest absolute Gasteiger partial charge is 0.129 e. The topological polar surface area (TPSA) is 56.1 Å². The lowest BCUT2D eigenvalue weighted by molar-refractivity contribution is 0.480. The van der Waals surface area contributed by atoms with Crippen LogP contribution in [0.4, 0.5) is 17.1 Å². The van der Waals surface area contributed by atoms with E-state index in [1.807, 2.05) is 48.8 Å². The maximum absolute atomic E-state index is 6.50. The highest BCUT2D eigenvalue weighted by Gasteiger charge is 2.47. The van der Waals surface area contributed by atoms with Crippen LogP contribution in [0, 0.1) is 0 Å². The van der Waals surface area contributed by atoms with E-state index in [4.69, 9.17) is 9.72 Å². The van der Waals surface area contributed by atoms with Gasteiger partial charge in [0.2, 0.25) is 0 Å². The Bertz CT molecular complexity index is 2010. The van der Waals surface area contributed by atoms with Crippen LogP contribution < -0.4 is 9.64 Å². The lowest BCUT2D eigenvalue weighted by Gasteiger charge is -2.45. The first-order chi connectivity index (χ1) is 21.8. The minimum Gasteiger partial charge on any atom is -0.457 e. The molecule has 0 fully saturated rings. The fourth-order valence-electron chi connectivity index (χ4n) is 6.39. The molecule has 5 aromatic carbocycles. The van der Waals surface area contributed by atoms with Crippen LogP contribution in [0.5, 0.6) is 11.5 Å². The van der Waals surface area contributed by atoms with Crippen LogP contribution in [0.2, 0.25) is 0 Å². The van der Waals surface area contributed by atoms with Crippen molar-refractivity contribution in [3.8, 4) is 17.2 Å². The van der Waals surface area contributed by atoms with E-state index in [9.17, 15) is 0 Å². The Balaban J connectivity index is 1.34. The number of hydrogen-bond acceptors (Lipinski definition) is 5. The molecule has 0 amide bonds. The van der Waals surface area contributed by atoms with Gasteiger partial charge in [0.15, 0.2) is 0 Å². The number of pyridine rings is 1. The highest BCUT2D eigenvalue weighted by molar-refractivity contribution is 5.89. The van der Waals surface area contributed by atoms with E-state index < -0.39 is 5.41 Å². The summed E-state index contributed by atoms with van der Waals surface area (Å²) in [5.74, 6) is 1.44. The third-order valence-electron chi connectivity index (χ3n) is 8.17. The second-order valence-corrected chi connectivity index (χ2v) is 10.6. The molecule has 0 saturated heterocycles. The Hall–Kier alpha value is -6.01. The minimum atomic E-state index is -0.707. The second kappa shape index (κ2) is 10.7. The lowest BCUT2D eigenvalue weighted by atomic mass is 9.64. The minimum absolute atomic E-state index is 0.707. The summed E-state index contributed by atoms with van der Waals surface area (Å²) in [4.78, 5) is 7.37. The second-order valence-electron chi connectivity index (χ2n) is 10.6. The predicted molar refractivity (Wildman–Crippen MR) is 172 cm³/mol. The quantitative estimate of drug-likeness (QED) is 0.201. The molecular formula is C38H27N5O. The molecule has 2 aromatic heterocycles. The van der Waals surface area contributed by atoms with Crippen molar-refractivity contribution in [2.24, 2.45) is 0 Å². The van der Waals surface area contributed by atoms with Crippen molar-refractivity contribution in [1.29, 1.82) is 0 Å². The number of ether oxygens (including phenoxy) is 1. The van der Waals surface area contributed by atoms with E-state index >= 15 is 0 Å². The van der Waals surface area contributed by atoms with E-state index in [1.165, 1.54) is 0 Å². The monoisotopic (exact) mass is 569 g/mol. The molecule has 0 unspecified atom stereocenters. The predicted octanol–water partition coefficient (Wildman–Crippen LogP) is 8.62. The molecule has 0 saturated carbocycles. The van der Waals surface area contributed by atoms with Crippen LogP contribution in [-0.4, -0.2) is 20.0 Å². The molecule has 0 atom stereocenters. The van der Waals surface area contributed by atoms with Crippen LogP contribution in [-0.2, 0) is 5.41 Å². The Labute approximate surface area is 255 Å². The molecular weight excluding hydrogens is 542 g/mol. The van der Waals surface area contributed by atoms with Gasteiger partial charge in [0.25, 0.3) is 0 Å². The van der Waals surface area contributed by atoms with E-state index in [2.05, 4.69) is 124 Å². The van der Waals surface area contributed by atoms with Crippen molar-refractivity contribution in [3.63, 3.8) is 0 Å². The summed E-state index contributed by atoms with van der Waals surface area (Å²) < 4.78 is 8.22. The van der Waals surface area contributed by atoms with Gasteiger partial charge in [-0.3, -0.25) is 4.98 Å². The van der Waals surface area contributed by atoms with E-state index in [0.717, 1.165) is 50.9 Å². The largest absolute Gasteiger partial charge is 0.457 e. The summed E-state index contributed by atoms with van der Waals surface area (Å²) in [6, 6.07) is 50.2. The van der Waals surface area contributed by atoms with E-state index in [-0.39, 0.29) is 0 Å². The van der Waals surface area contributed by atoms with Gasteiger partial charge in [-0.1, -0.05) is 84.1 Å². The van der Waals surface area contributed by atoms with E-state index in [0.29, 0.717) is 5.75 Å². The molecule has 210 valence electrons. The maximum Gasteiger partial charge on any atom is 0.129 e. The Morgan fingerprint density at radius 2 is 1.20 bits per heavy atom. The first kappa shape index (κ1) is 25.7. The van der Waals surface area contributed by atoms with Crippen LogP contribution in [0.3, 0.4) is 0 Å². The van der Waals surface area contributed by atoms with Gasteiger partial charge in [-0.15, -0.1) is 5.10 Å². The summed E-state index contributed by atoms with van der Waals surface area (Å²) in [5.41, 5.74) is 7.78. The van der Waals surface area contributed by atoms with Gasteiger partial charge in [0, 0.05) is 18.0 Å². The molecule has 6 nitrogen and oxygen atoms in total. The zero-order chi connectivity index (χ0) is 29.3. The van der Waals surface area contributed by atoms with Crippen molar-refractivity contribution < 1.29 is 4.74 Å². The number of para-hydroxylation sites is 3. The zero-order valence-electron chi connectivity index (χ0n) is 23.7. The Morgan fingerprint density at radius 1 is 0.545 bits per heavy atom. The molecule has 0 spiro atoms. The van der Waals surface area contributed by atoms with Gasteiger partial charge in [-0.2, -0.15) is 0 Å². The zero-order valence-corrected chi connectivity index (χ0v) is 23.7. The molecule has 0 bridgehead atoms. The lowest BCUT2D eigenvalue weighted by Crippen LogP contribution is -2.38. The number of nitrogens with zero attached hydrogens (tertiary/aromatic N) is 5.